The summed E-state index contributed by atoms with van der Waals surface area (Å²) in [5, 5.41) is 3.06. The van der Waals surface area contributed by atoms with E-state index >= 15 is 4.39 Å². The van der Waals surface area contributed by atoms with Crippen molar-refractivity contribution in [2.45, 2.75) is 31.7 Å². The van der Waals surface area contributed by atoms with Crippen molar-refractivity contribution in [3.63, 3.8) is 0 Å². The van der Waals surface area contributed by atoms with Gasteiger partial charge in [-0.25, -0.2) is 32.9 Å². The molecule has 1 amide bonds. The summed E-state index contributed by atoms with van der Waals surface area (Å²) in [5.74, 6) is -5.09. The number of carbonyl (C=O) groups excluding carboxylic acids is 1. The van der Waals surface area contributed by atoms with E-state index in [4.69, 9.17) is 15.2 Å². The molecule has 4 aromatic rings. The normalized spacial score (nSPS) is 18.4. The van der Waals surface area contributed by atoms with Crippen molar-refractivity contribution >= 4 is 17.7 Å². The minimum absolute atomic E-state index is 0.0531. The molecule has 1 fully saturated rings. The van der Waals surface area contributed by atoms with Crippen LogP contribution in [0.3, 0.4) is 0 Å². The highest BCUT2D eigenvalue weighted by atomic mass is 19.2. The first kappa shape index (κ1) is 28.6. The van der Waals surface area contributed by atoms with E-state index in [1.807, 2.05) is 30.3 Å². The van der Waals surface area contributed by atoms with Crippen LogP contribution in [0.5, 0.6) is 11.6 Å². The largest absolute Gasteiger partial charge is 0.445 e. The first-order chi connectivity index (χ1) is 20.1. The summed E-state index contributed by atoms with van der Waals surface area (Å²) < 4.78 is 68.4. The van der Waals surface area contributed by atoms with Crippen molar-refractivity contribution in [2.75, 3.05) is 24.1 Å². The van der Waals surface area contributed by atoms with Gasteiger partial charge in [0.2, 0.25) is 17.6 Å². The topological polar surface area (TPSA) is 115 Å². The van der Waals surface area contributed by atoms with E-state index in [2.05, 4.69) is 20.3 Å². The number of anilines is 2. The molecule has 0 aliphatic carbocycles. The summed E-state index contributed by atoms with van der Waals surface area (Å²) in [6.45, 7) is 1.45. The van der Waals surface area contributed by atoms with Crippen LogP contribution in [0.15, 0.2) is 67.0 Å². The molecule has 0 bridgehead atoms. The third kappa shape index (κ3) is 6.51. The van der Waals surface area contributed by atoms with Gasteiger partial charge in [-0.3, -0.25) is 0 Å². The maximum Gasteiger partial charge on any atom is 0.410 e. The van der Waals surface area contributed by atoms with Gasteiger partial charge in [0, 0.05) is 37.5 Å². The third-order valence-electron chi connectivity index (χ3n) is 6.50. The molecule has 1 aliphatic rings. The van der Waals surface area contributed by atoms with Gasteiger partial charge in [0.05, 0.1) is 17.8 Å². The van der Waals surface area contributed by atoms with Crippen molar-refractivity contribution < 1.29 is 31.8 Å². The molecule has 3 N–H and O–H groups in total. The number of aromatic nitrogens is 3. The number of pyridine rings is 1. The predicted octanol–water partition coefficient (Wildman–Crippen LogP) is 5.88. The Balaban J connectivity index is 1.32. The Kier molecular flexibility index (Phi) is 8.09. The third-order valence-corrected chi connectivity index (χ3v) is 6.50. The predicted molar refractivity (Wildman–Crippen MR) is 146 cm³/mol. The van der Waals surface area contributed by atoms with Crippen LogP contribution in [0.25, 0.3) is 11.3 Å². The molecule has 3 heterocycles. The summed E-state index contributed by atoms with van der Waals surface area (Å²) in [6, 6.07) is 13.8. The van der Waals surface area contributed by atoms with E-state index in [1.54, 1.807) is 12.1 Å². The Bertz CT molecular complexity index is 1590. The lowest BCUT2D eigenvalue weighted by Gasteiger charge is -2.39. The van der Waals surface area contributed by atoms with Gasteiger partial charge in [-0.2, -0.15) is 4.39 Å². The molecule has 0 spiro atoms. The molecule has 0 saturated carbocycles. The van der Waals surface area contributed by atoms with Crippen molar-refractivity contribution in [2.24, 2.45) is 0 Å². The second kappa shape index (κ2) is 11.9. The lowest BCUT2D eigenvalue weighted by Crippen LogP contribution is -2.54. The smallest absolute Gasteiger partial charge is 0.410 e. The fourth-order valence-corrected chi connectivity index (χ4v) is 4.61. The summed E-state index contributed by atoms with van der Waals surface area (Å²) in [4.78, 5) is 26.7. The number of ether oxygens (including phenoxy) is 2. The Morgan fingerprint density at radius 3 is 2.67 bits per heavy atom. The maximum absolute atomic E-state index is 15.3. The molecule has 9 nitrogen and oxygen atoms in total. The average molecular weight is 583 g/mol. The molecule has 13 heteroatoms. The number of nitrogen functional groups attached to an aromatic ring is 1. The first-order valence-corrected chi connectivity index (χ1v) is 12.9. The number of piperidine rings is 1. The molecule has 1 aliphatic heterocycles. The van der Waals surface area contributed by atoms with Crippen LogP contribution in [-0.4, -0.2) is 50.7 Å². The summed E-state index contributed by atoms with van der Waals surface area (Å²) in [5.41, 5.74) is 3.85. The zero-order valence-corrected chi connectivity index (χ0v) is 22.4. The zero-order valence-electron chi connectivity index (χ0n) is 22.4. The van der Waals surface area contributed by atoms with E-state index < -0.39 is 46.7 Å². The van der Waals surface area contributed by atoms with E-state index in [0.29, 0.717) is 6.07 Å². The van der Waals surface area contributed by atoms with Gasteiger partial charge < -0.3 is 25.4 Å². The number of likely N-dealkylation sites (tertiary alicyclic amines) is 1. The van der Waals surface area contributed by atoms with Gasteiger partial charge >= 0.3 is 6.09 Å². The standard InChI is InChI=1S/C29H26F4N6O3/c1-29(33)13-18(14-39(16-29)28(40)41-15-17-6-3-2-4-7-17)37-27-36-11-9-21(38-27)19-8-5-10-35-26(19)42-22-12-20(30)25(34)24(32)23(22)31/h2-12,18H,13-16,34H2,1H3,(H,36,37,38)/t18-,29-/m0/s1. The van der Waals surface area contributed by atoms with Gasteiger partial charge in [-0.1, -0.05) is 30.3 Å². The monoisotopic (exact) mass is 582 g/mol. The molecular weight excluding hydrogens is 556 g/mol. The fraction of sp³-hybridized carbons (Fsp3) is 0.241. The summed E-state index contributed by atoms with van der Waals surface area (Å²) >= 11 is 0. The number of rotatable bonds is 7. The number of carbonyl (C=O) groups is 1. The van der Waals surface area contributed by atoms with Crippen LogP contribution in [-0.2, 0) is 11.3 Å². The minimum atomic E-state index is -1.71. The molecule has 0 radical (unpaired) electrons. The molecule has 218 valence electrons. The number of nitrogens with one attached hydrogen (secondary N) is 1. The number of nitrogens with zero attached hydrogens (tertiary/aromatic N) is 4. The lowest BCUT2D eigenvalue weighted by atomic mass is 9.93. The number of benzene rings is 2. The fourth-order valence-electron chi connectivity index (χ4n) is 4.61. The first-order valence-electron chi connectivity index (χ1n) is 12.9. The number of nitrogens with two attached hydrogens (primary N) is 1. The van der Waals surface area contributed by atoms with Crippen LogP contribution < -0.4 is 15.8 Å². The van der Waals surface area contributed by atoms with E-state index in [9.17, 15) is 18.0 Å². The second-order valence-electron chi connectivity index (χ2n) is 10.0. The highest BCUT2D eigenvalue weighted by Crippen LogP contribution is 2.35. The number of hydrogen-bond donors (Lipinski definition) is 2. The van der Waals surface area contributed by atoms with Crippen LogP contribution in [0.2, 0.25) is 0 Å². The zero-order chi connectivity index (χ0) is 29.9. The Morgan fingerprint density at radius 1 is 1.10 bits per heavy atom. The second-order valence-corrected chi connectivity index (χ2v) is 10.0. The Hall–Kier alpha value is -4.94. The molecule has 1 saturated heterocycles. The quantitative estimate of drug-likeness (QED) is 0.158. The maximum atomic E-state index is 15.3. The molecule has 0 unspecified atom stereocenters. The molecule has 2 atom stereocenters. The van der Waals surface area contributed by atoms with Gasteiger partial charge in [0.1, 0.15) is 18.0 Å². The molecule has 2 aromatic carbocycles. The number of alkyl halides is 1. The lowest BCUT2D eigenvalue weighted by molar-refractivity contribution is 0.0339. The van der Waals surface area contributed by atoms with Crippen molar-refractivity contribution in [3.8, 4) is 22.9 Å². The molecular formula is C29H26F4N6O3. The van der Waals surface area contributed by atoms with Gasteiger partial charge in [-0.15, -0.1) is 0 Å². The summed E-state index contributed by atoms with van der Waals surface area (Å²) in [7, 11) is 0. The van der Waals surface area contributed by atoms with Crippen molar-refractivity contribution in [3.05, 3.63) is 90.0 Å². The molecule has 2 aromatic heterocycles. The van der Waals surface area contributed by atoms with Crippen LogP contribution >= 0.6 is 0 Å². The van der Waals surface area contributed by atoms with Crippen LogP contribution in [0, 0.1) is 17.5 Å². The summed E-state index contributed by atoms with van der Waals surface area (Å²) in [6.07, 6.45) is 2.19. The Labute approximate surface area is 238 Å². The highest BCUT2D eigenvalue weighted by molar-refractivity contribution is 5.68. The Morgan fingerprint density at radius 2 is 1.88 bits per heavy atom. The SMILES string of the molecule is C[C@]1(F)C[C@H](Nc2nccc(-c3cccnc3Oc3cc(F)c(N)c(F)c3F)n2)CN(C(=O)OCc2ccccc2)C1. The average Bonchev–Trinajstić information content (AvgIpc) is 2.97. The van der Waals surface area contributed by atoms with E-state index in [1.165, 1.54) is 30.3 Å². The van der Waals surface area contributed by atoms with Gasteiger partial charge in [0.25, 0.3) is 0 Å². The van der Waals surface area contributed by atoms with E-state index in [0.717, 1.165) is 5.56 Å². The van der Waals surface area contributed by atoms with Gasteiger partial charge in [-0.05, 0) is 30.7 Å². The van der Waals surface area contributed by atoms with Crippen LogP contribution in [0.4, 0.5) is 34.0 Å². The number of amides is 1. The molecule has 42 heavy (non-hydrogen) atoms. The number of hydrogen-bond acceptors (Lipinski definition) is 8. The van der Waals surface area contributed by atoms with Crippen molar-refractivity contribution in [1.82, 2.24) is 19.9 Å². The minimum Gasteiger partial charge on any atom is -0.445 e. The highest BCUT2D eigenvalue weighted by Gasteiger charge is 2.39. The van der Waals surface area contributed by atoms with Crippen molar-refractivity contribution in [1.29, 1.82) is 0 Å². The number of halogens is 4. The molecule has 5 rings (SSSR count). The van der Waals surface area contributed by atoms with E-state index in [-0.39, 0.29) is 49.2 Å². The van der Waals surface area contributed by atoms with Gasteiger partial charge in [0.15, 0.2) is 17.4 Å². The van der Waals surface area contributed by atoms with Crippen LogP contribution in [0.1, 0.15) is 18.9 Å².